The van der Waals surface area contributed by atoms with Gasteiger partial charge in [-0.3, -0.25) is 4.79 Å². The first-order valence-electron chi connectivity index (χ1n) is 6.94. The molecule has 1 aromatic rings. The van der Waals surface area contributed by atoms with Gasteiger partial charge in [0.1, 0.15) is 0 Å². The number of nitrogens with zero attached hydrogens (tertiary/aromatic N) is 1. The quantitative estimate of drug-likeness (QED) is 0.903. The summed E-state index contributed by atoms with van der Waals surface area (Å²) in [7, 11) is -3.65. The molecule has 1 amide bonds. The third-order valence-electron chi connectivity index (χ3n) is 2.81. The Kier molecular flexibility index (Phi) is 5.53. The van der Waals surface area contributed by atoms with E-state index >= 15 is 0 Å². The van der Waals surface area contributed by atoms with Gasteiger partial charge in [-0.2, -0.15) is 4.31 Å². The first kappa shape index (κ1) is 17.7. The molecule has 6 heteroatoms. The molecular formula is C15H24N2O3S. The minimum absolute atomic E-state index is 0.177. The molecule has 0 aliphatic carbocycles. The molecule has 0 aromatic heterocycles. The van der Waals surface area contributed by atoms with Crippen molar-refractivity contribution in [3.05, 3.63) is 29.8 Å². The van der Waals surface area contributed by atoms with Gasteiger partial charge in [0.2, 0.25) is 15.9 Å². The number of carbonyl (C=O) groups is 1. The molecule has 21 heavy (non-hydrogen) atoms. The SMILES string of the molecule is CCN(CC(=O)NC(C)(C)C)S(=O)(=O)c1cccc(C)c1. The van der Waals surface area contributed by atoms with Crippen LogP contribution >= 0.6 is 0 Å². The molecule has 1 aromatic carbocycles. The van der Waals surface area contributed by atoms with Crippen LogP contribution in [0.3, 0.4) is 0 Å². The third-order valence-corrected chi connectivity index (χ3v) is 4.73. The van der Waals surface area contributed by atoms with Crippen LogP contribution in [0.4, 0.5) is 0 Å². The van der Waals surface area contributed by atoms with Gasteiger partial charge < -0.3 is 5.32 Å². The smallest absolute Gasteiger partial charge is 0.243 e. The highest BCUT2D eigenvalue weighted by molar-refractivity contribution is 7.89. The van der Waals surface area contributed by atoms with Crippen molar-refractivity contribution in [2.75, 3.05) is 13.1 Å². The molecular weight excluding hydrogens is 288 g/mol. The predicted molar refractivity (Wildman–Crippen MR) is 83.5 cm³/mol. The van der Waals surface area contributed by atoms with E-state index in [1.165, 1.54) is 4.31 Å². The van der Waals surface area contributed by atoms with Crippen LogP contribution in [0.2, 0.25) is 0 Å². The summed E-state index contributed by atoms with van der Waals surface area (Å²) in [6.45, 7) is 9.19. The molecule has 118 valence electrons. The average Bonchev–Trinajstić information content (AvgIpc) is 2.33. The van der Waals surface area contributed by atoms with Crippen molar-refractivity contribution in [2.24, 2.45) is 0 Å². The number of hydrogen-bond donors (Lipinski definition) is 1. The first-order chi connectivity index (χ1) is 9.56. The number of carbonyl (C=O) groups excluding carboxylic acids is 1. The Hall–Kier alpha value is -1.40. The van der Waals surface area contributed by atoms with Gasteiger partial charge >= 0.3 is 0 Å². The topological polar surface area (TPSA) is 66.5 Å². The molecule has 0 heterocycles. The number of hydrogen-bond acceptors (Lipinski definition) is 3. The lowest BCUT2D eigenvalue weighted by molar-refractivity contribution is -0.122. The standard InChI is InChI=1S/C15H24N2O3S/c1-6-17(11-14(18)16-15(3,4)5)21(19,20)13-9-7-8-12(2)10-13/h7-10H,6,11H2,1-5H3,(H,16,18). The molecule has 0 fully saturated rings. The summed E-state index contributed by atoms with van der Waals surface area (Å²) in [6.07, 6.45) is 0. The number of sulfonamides is 1. The second-order valence-electron chi connectivity index (χ2n) is 6.05. The Morgan fingerprint density at radius 3 is 2.38 bits per heavy atom. The summed E-state index contributed by atoms with van der Waals surface area (Å²) < 4.78 is 26.3. The average molecular weight is 312 g/mol. The maximum atomic E-state index is 12.6. The Morgan fingerprint density at radius 1 is 1.29 bits per heavy atom. The van der Waals surface area contributed by atoms with E-state index in [2.05, 4.69) is 5.32 Å². The zero-order valence-electron chi connectivity index (χ0n) is 13.3. The Balaban J connectivity index is 2.96. The molecule has 0 saturated heterocycles. The number of nitrogens with one attached hydrogen (secondary N) is 1. The van der Waals surface area contributed by atoms with Crippen molar-refractivity contribution in [1.29, 1.82) is 0 Å². The van der Waals surface area contributed by atoms with E-state index in [0.717, 1.165) is 5.56 Å². The van der Waals surface area contributed by atoms with Crippen molar-refractivity contribution >= 4 is 15.9 Å². The van der Waals surface area contributed by atoms with Crippen molar-refractivity contribution in [3.63, 3.8) is 0 Å². The maximum Gasteiger partial charge on any atom is 0.243 e. The fraction of sp³-hybridized carbons (Fsp3) is 0.533. The van der Waals surface area contributed by atoms with Gasteiger partial charge in [0.25, 0.3) is 0 Å². The first-order valence-corrected chi connectivity index (χ1v) is 8.38. The molecule has 0 aliphatic rings. The zero-order chi connectivity index (χ0) is 16.3. The molecule has 5 nitrogen and oxygen atoms in total. The minimum Gasteiger partial charge on any atom is -0.350 e. The van der Waals surface area contributed by atoms with Crippen molar-refractivity contribution in [2.45, 2.75) is 45.1 Å². The highest BCUT2D eigenvalue weighted by atomic mass is 32.2. The molecule has 0 radical (unpaired) electrons. The molecule has 1 rings (SSSR count). The van der Waals surface area contributed by atoms with Crippen LogP contribution in [-0.4, -0.2) is 37.3 Å². The number of rotatable bonds is 5. The van der Waals surface area contributed by atoms with Crippen LogP contribution in [0.15, 0.2) is 29.2 Å². The largest absolute Gasteiger partial charge is 0.350 e. The van der Waals surface area contributed by atoms with Gasteiger partial charge in [0.15, 0.2) is 0 Å². The molecule has 0 saturated carbocycles. The van der Waals surface area contributed by atoms with Crippen LogP contribution in [0.5, 0.6) is 0 Å². The summed E-state index contributed by atoms with van der Waals surface area (Å²) in [4.78, 5) is 12.2. The van der Waals surface area contributed by atoms with Crippen LogP contribution in [0.1, 0.15) is 33.3 Å². The Labute approximate surface area is 127 Å². The van der Waals surface area contributed by atoms with E-state index in [0.29, 0.717) is 0 Å². The molecule has 0 atom stereocenters. The fourth-order valence-electron chi connectivity index (χ4n) is 1.91. The molecule has 0 spiro atoms. The monoisotopic (exact) mass is 312 g/mol. The van der Waals surface area contributed by atoms with Crippen molar-refractivity contribution in [3.8, 4) is 0 Å². The van der Waals surface area contributed by atoms with E-state index in [-0.39, 0.29) is 29.4 Å². The van der Waals surface area contributed by atoms with Crippen LogP contribution in [0.25, 0.3) is 0 Å². The molecule has 0 bridgehead atoms. The summed E-state index contributed by atoms with van der Waals surface area (Å²) in [5.74, 6) is -0.305. The minimum atomic E-state index is -3.65. The lowest BCUT2D eigenvalue weighted by Crippen LogP contribution is -2.47. The van der Waals surface area contributed by atoms with Gasteiger partial charge in [0.05, 0.1) is 11.4 Å². The number of aryl methyl sites for hydroxylation is 1. The van der Waals surface area contributed by atoms with E-state index in [9.17, 15) is 13.2 Å². The van der Waals surface area contributed by atoms with Crippen molar-refractivity contribution in [1.82, 2.24) is 9.62 Å². The summed E-state index contributed by atoms with van der Waals surface area (Å²) in [5.41, 5.74) is 0.482. The Morgan fingerprint density at radius 2 is 1.90 bits per heavy atom. The van der Waals surface area contributed by atoms with Crippen LogP contribution in [-0.2, 0) is 14.8 Å². The highest BCUT2D eigenvalue weighted by Crippen LogP contribution is 2.16. The van der Waals surface area contributed by atoms with E-state index < -0.39 is 10.0 Å². The van der Waals surface area contributed by atoms with Gasteiger partial charge in [0, 0.05) is 12.1 Å². The molecule has 1 N–H and O–H groups in total. The van der Waals surface area contributed by atoms with E-state index in [4.69, 9.17) is 0 Å². The van der Waals surface area contributed by atoms with Gasteiger partial charge in [-0.25, -0.2) is 8.42 Å². The van der Waals surface area contributed by atoms with Gasteiger partial charge in [-0.15, -0.1) is 0 Å². The number of amides is 1. The fourth-order valence-corrected chi connectivity index (χ4v) is 3.42. The lowest BCUT2D eigenvalue weighted by atomic mass is 10.1. The molecule has 0 aliphatic heterocycles. The highest BCUT2D eigenvalue weighted by Gasteiger charge is 2.26. The van der Waals surface area contributed by atoms with E-state index in [1.807, 2.05) is 33.8 Å². The summed E-state index contributed by atoms with van der Waals surface area (Å²) in [5, 5.41) is 2.77. The number of benzene rings is 1. The van der Waals surface area contributed by atoms with Crippen LogP contribution in [0, 0.1) is 6.92 Å². The maximum absolute atomic E-state index is 12.6. The normalized spacial score (nSPS) is 12.5. The Bertz CT molecular complexity index is 604. The van der Waals surface area contributed by atoms with E-state index in [1.54, 1.807) is 25.1 Å². The zero-order valence-corrected chi connectivity index (χ0v) is 14.1. The number of likely N-dealkylation sites (N-methyl/N-ethyl adjacent to an activating group) is 1. The van der Waals surface area contributed by atoms with Gasteiger partial charge in [-0.05, 0) is 45.4 Å². The van der Waals surface area contributed by atoms with Crippen molar-refractivity contribution < 1.29 is 13.2 Å². The predicted octanol–water partition coefficient (Wildman–Crippen LogP) is 1.92. The van der Waals surface area contributed by atoms with Gasteiger partial charge in [-0.1, -0.05) is 19.1 Å². The lowest BCUT2D eigenvalue weighted by Gasteiger charge is -2.24. The summed E-state index contributed by atoms with van der Waals surface area (Å²) >= 11 is 0. The third kappa shape index (κ3) is 5.13. The van der Waals surface area contributed by atoms with Crippen LogP contribution < -0.4 is 5.32 Å². The second kappa shape index (κ2) is 6.58. The molecule has 0 unspecified atom stereocenters. The summed E-state index contributed by atoms with van der Waals surface area (Å²) in [6, 6.07) is 6.69. The second-order valence-corrected chi connectivity index (χ2v) is 7.98.